The Kier molecular flexibility index (Phi) is 5.79. The van der Waals surface area contributed by atoms with Gasteiger partial charge in [0, 0.05) is 19.6 Å². The van der Waals surface area contributed by atoms with Gasteiger partial charge in [0.1, 0.15) is 6.42 Å². The lowest BCUT2D eigenvalue weighted by molar-refractivity contribution is -0.131. The summed E-state index contributed by atoms with van der Waals surface area (Å²) >= 11 is 0. The summed E-state index contributed by atoms with van der Waals surface area (Å²) in [4.78, 5) is 25.1. The smallest absolute Gasteiger partial charge is 0.254 e. The first-order valence-electron chi connectivity index (χ1n) is 7.50. The predicted molar refractivity (Wildman–Crippen MR) is 78.2 cm³/mol. The van der Waals surface area contributed by atoms with Crippen molar-refractivity contribution in [3.8, 4) is 6.07 Å². The molecule has 0 atom stereocenters. The molecule has 0 saturated carbocycles. The standard InChI is InChI=1S/C16H16F3N3O2/c17-12-2-1-11(14(18)15(12)19)16(24)21-9-10-4-7-22(8-5-10)13(23)3-6-20/h1-2,10H,3-5,7-9H2,(H,21,24). The molecule has 1 aliphatic heterocycles. The Hall–Kier alpha value is -2.56. The number of nitrogens with zero attached hydrogens (tertiary/aromatic N) is 2. The maximum atomic E-state index is 13.5. The normalized spacial score (nSPS) is 15.0. The molecule has 1 N–H and O–H groups in total. The summed E-state index contributed by atoms with van der Waals surface area (Å²) in [5.41, 5.74) is -0.546. The fourth-order valence-electron chi connectivity index (χ4n) is 2.60. The third kappa shape index (κ3) is 4.04. The van der Waals surface area contributed by atoms with Crippen LogP contribution in [0.2, 0.25) is 0 Å². The van der Waals surface area contributed by atoms with Gasteiger partial charge >= 0.3 is 0 Å². The number of piperidine rings is 1. The van der Waals surface area contributed by atoms with Gasteiger partial charge in [0.2, 0.25) is 5.91 Å². The minimum Gasteiger partial charge on any atom is -0.352 e. The molecular formula is C16H16F3N3O2. The van der Waals surface area contributed by atoms with Crippen LogP contribution in [0.5, 0.6) is 0 Å². The Morgan fingerprint density at radius 1 is 1.21 bits per heavy atom. The summed E-state index contributed by atoms with van der Waals surface area (Å²) < 4.78 is 39.5. The Morgan fingerprint density at radius 3 is 2.50 bits per heavy atom. The molecule has 0 bridgehead atoms. The number of nitrogens with one attached hydrogen (secondary N) is 1. The van der Waals surface area contributed by atoms with Crippen LogP contribution in [0.15, 0.2) is 12.1 Å². The number of halogens is 3. The minimum absolute atomic E-state index is 0.0912. The summed E-state index contributed by atoms with van der Waals surface area (Å²) in [7, 11) is 0. The Balaban J connectivity index is 1.85. The third-order valence-electron chi connectivity index (χ3n) is 4.03. The monoisotopic (exact) mass is 339 g/mol. The van der Waals surface area contributed by atoms with E-state index in [1.165, 1.54) is 0 Å². The molecule has 0 aromatic heterocycles. The molecule has 1 aromatic carbocycles. The number of benzene rings is 1. The average molecular weight is 339 g/mol. The number of hydrogen-bond donors (Lipinski definition) is 1. The lowest BCUT2D eigenvalue weighted by Gasteiger charge is -2.31. The number of hydrogen-bond acceptors (Lipinski definition) is 3. The first-order valence-corrected chi connectivity index (χ1v) is 7.50. The summed E-state index contributed by atoms with van der Waals surface area (Å²) in [6, 6.07) is 3.40. The Morgan fingerprint density at radius 2 is 1.88 bits per heavy atom. The summed E-state index contributed by atoms with van der Waals surface area (Å²) in [5.74, 6) is -5.47. The predicted octanol–water partition coefficient (Wildman–Crippen LogP) is 1.99. The molecule has 1 saturated heterocycles. The summed E-state index contributed by atoms with van der Waals surface area (Å²) in [5, 5.41) is 11.0. The van der Waals surface area contributed by atoms with Crippen LogP contribution in [0.25, 0.3) is 0 Å². The summed E-state index contributed by atoms with van der Waals surface area (Å²) in [6.45, 7) is 1.22. The van der Waals surface area contributed by atoms with E-state index in [2.05, 4.69) is 5.32 Å². The molecule has 0 radical (unpaired) electrons. The van der Waals surface area contributed by atoms with Crippen molar-refractivity contribution >= 4 is 11.8 Å². The zero-order chi connectivity index (χ0) is 17.7. The van der Waals surface area contributed by atoms with E-state index < -0.39 is 28.9 Å². The molecule has 24 heavy (non-hydrogen) atoms. The molecule has 1 aliphatic rings. The molecule has 8 heteroatoms. The van der Waals surface area contributed by atoms with E-state index in [-0.39, 0.29) is 24.8 Å². The zero-order valence-electron chi connectivity index (χ0n) is 12.8. The van der Waals surface area contributed by atoms with Crippen molar-refractivity contribution in [2.75, 3.05) is 19.6 Å². The maximum Gasteiger partial charge on any atom is 0.254 e. The van der Waals surface area contributed by atoms with Gasteiger partial charge in [-0.05, 0) is 30.9 Å². The van der Waals surface area contributed by atoms with Crippen molar-refractivity contribution in [1.82, 2.24) is 10.2 Å². The first kappa shape index (κ1) is 17.8. The van der Waals surface area contributed by atoms with Crippen LogP contribution in [0.3, 0.4) is 0 Å². The molecule has 1 fully saturated rings. The van der Waals surface area contributed by atoms with Crippen molar-refractivity contribution in [3.63, 3.8) is 0 Å². The number of carbonyl (C=O) groups excluding carboxylic acids is 2. The van der Waals surface area contributed by atoms with Crippen LogP contribution in [-0.4, -0.2) is 36.3 Å². The molecule has 0 spiro atoms. The number of rotatable bonds is 4. The molecule has 128 valence electrons. The molecule has 1 heterocycles. The van der Waals surface area contributed by atoms with Crippen LogP contribution in [0, 0.1) is 34.7 Å². The van der Waals surface area contributed by atoms with E-state index in [1.54, 1.807) is 11.0 Å². The first-order chi connectivity index (χ1) is 11.4. The van der Waals surface area contributed by atoms with Crippen LogP contribution in [0.4, 0.5) is 13.2 Å². The van der Waals surface area contributed by atoms with Crippen molar-refractivity contribution in [3.05, 3.63) is 35.1 Å². The minimum atomic E-state index is -1.67. The van der Waals surface area contributed by atoms with Crippen LogP contribution < -0.4 is 5.32 Å². The van der Waals surface area contributed by atoms with Gasteiger partial charge in [0.25, 0.3) is 5.91 Å². The molecular weight excluding hydrogens is 323 g/mol. The van der Waals surface area contributed by atoms with Gasteiger partial charge < -0.3 is 10.2 Å². The Labute approximate surface area is 137 Å². The highest BCUT2D eigenvalue weighted by Crippen LogP contribution is 2.18. The molecule has 0 unspecified atom stereocenters. The van der Waals surface area contributed by atoms with Crippen molar-refractivity contribution in [1.29, 1.82) is 5.26 Å². The second-order valence-corrected chi connectivity index (χ2v) is 5.59. The van der Waals surface area contributed by atoms with Gasteiger partial charge in [0.15, 0.2) is 17.5 Å². The zero-order valence-corrected chi connectivity index (χ0v) is 12.8. The van der Waals surface area contributed by atoms with E-state index in [0.29, 0.717) is 32.0 Å². The van der Waals surface area contributed by atoms with Crippen LogP contribution in [-0.2, 0) is 4.79 Å². The lowest BCUT2D eigenvalue weighted by atomic mass is 9.96. The molecule has 2 amide bonds. The van der Waals surface area contributed by atoms with E-state index in [9.17, 15) is 22.8 Å². The van der Waals surface area contributed by atoms with E-state index in [4.69, 9.17) is 5.26 Å². The molecule has 2 rings (SSSR count). The van der Waals surface area contributed by atoms with Crippen molar-refractivity contribution in [2.24, 2.45) is 5.92 Å². The van der Waals surface area contributed by atoms with Gasteiger partial charge in [-0.2, -0.15) is 5.26 Å². The number of carbonyl (C=O) groups is 2. The van der Waals surface area contributed by atoms with E-state index >= 15 is 0 Å². The van der Waals surface area contributed by atoms with Crippen LogP contribution >= 0.6 is 0 Å². The maximum absolute atomic E-state index is 13.5. The van der Waals surface area contributed by atoms with Crippen molar-refractivity contribution < 1.29 is 22.8 Å². The van der Waals surface area contributed by atoms with Crippen LogP contribution in [0.1, 0.15) is 29.6 Å². The van der Waals surface area contributed by atoms with Gasteiger partial charge in [-0.15, -0.1) is 0 Å². The lowest BCUT2D eigenvalue weighted by Crippen LogP contribution is -2.41. The largest absolute Gasteiger partial charge is 0.352 e. The summed E-state index contributed by atoms with van der Waals surface area (Å²) in [6.07, 6.45) is 1.12. The third-order valence-corrected chi connectivity index (χ3v) is 4.03. The number of nitriles is 1. The van der Waals surface area contributed by atoms with E-state index in [1.807, 2.05) is 0 Å². The topological polar surface area (TPSA) is 73.2 Å². The van der Waals surface area contributed by atoms with Gasteiger partial charge in [-0.3, -0.25) is 9.59 Å². The highest BCUT2D eigenvalue weighted by atomic mass is 19.2. The second-order valence-electron chi connectivity index (χ2n) is 5.59. The average Bonchev–Trinajstić information content (AvgIpc) is 2.58. The van der Waals surface area contributed by atoms with Gasteiger partial charge in [-0.1, -0.05) is 0 Å². The van der Waals surface area contributed by atoms with Gasteiger partial charge in [-0.25, -0.2) is 13.2 Å². The fourth-order valence-corrected chi connectivity index (χ4v) is 2.60. The SMILES string of the molecule is N#CCC(=O)N1CCC(CNC(=O)c2ccc(F)c(F)c2F)CC1. The number of likely N-dealkylation sites (tertiary alicyclic amines) is 1. The highest BCUT2D eigenvalue weighted by Gasteiger charge is 2.24. The second kappa shape index (κ2) is 7.81. The fraction of sp³-hybridized carbons (Fsp3) is 0.438. The quantitative estimate of drug-likeness (QED) is 0.853. The Bertz CT molecular complexity index is 680. The van der Waals surface area contributed by atoms with Crippen molar-refractivity contribution in [2.45, 2.75) is 19.3 Å². The van der Waals surface area contributed by atoms with E-state index in [0.717, 1.165) is 6.07 Å². The molecule has 5 nitrogen and oxygen atoms in total. The highest BCUT2D eigenvalue weighted by molar-refractivity contribution is 5.94. The molecule has 0 aliphatic carbocycles. The number of amides is 2. The molecule has 1 aromatic rings. The van der Waals surface area contributed by atoms with Gasteiger partial charge in [0.05, 0.1) is 11.6 Å².